The van der Waals surface area contributed by atoms with Crippen LogP contribution in [0.2, 0.25) is 0 Å². The Balaban J connectivity index is 0.00000400. The van der Waals surface area contributed by atoms with Crippen LogP contribution in [0, 0.1) is 13.8 Å². The molecule has 3 N–H and O–H groups in total. The van der Waals surface area contributed by atoms with Crippen molar-refractivity contribution in [2.75, 3.05) is 6.54 Å². The van der Waals surface area contributed by atoms with Crippen LogP contribution in [0.4, 0.5) is 0 Å². The summed E-state index contributed by atoms with van der Waals surface area (Å²) in [5.74, 6) is 0.128. The van der Waals surface area contributed by atoms with Crippen LogP contribution in [0.1, 0.15) is 54.8 Å². The number of amides is 1. The molecule has 0 aromatic carbocycles. The van der Waals surface area contributed by atoms with Gasteiger partial charge in [-0.05, 0) is 51.2 Å². The van der Waals surface area contributed by atoms with Crippen molar-refractivity contribution in [1.29, 1.82) is 0 Å². The second-order valence-electron chi connectivity index (χ2n) is 5.53. The SMILES string of the molecule is CCC(CC)(CN)NC(=O)CCCc1cc(C)sc1C.Cl. The van der Waals surface area contributed by atoms with Crippen molar-refractivity contribution >= 4 is 29.7 Å². The summed E-state index contributed by atoms with van der Waals surface area (Å²) in [7, 11) is 0. The molecule has 0 unspecified atom stereocenters. The van der Waals surface area contributed by atoms with Crippen LogP contribution in [0.3, 0.4) is 0 Å². The Kier molecular flexibility index (Phi) is 9.18. The van der Waals surface area contributed by atoms with Gasteiger partial charge >= 0.3 is 0 Å². The molecule has 0 aliphatic carbocycles. The van der Waals surface area contributed by atoms with Gasteiger partial charge in [0.05, 0.1) is 5.54 Å². The molecule has 5 heteroatoms. The molecule has 1 rings (SSSR count). The zero-order valence-corrected chi connectivity index (χ0v) is 15.3. The van der Waals surface area contributed by atoms with Crippen molar-refractivity contribution in [2.24, 2.45) is 5.73 Å². The minimum Gasteiger partial charge on any atom is -0.349 e. The minimum absolute atomic E-state index is 0. The summed E-state index contributed by atoms with van der Waals surface area (Å²) in [5.41, 5.74) is 6.98. The summed E-state index contributed by atoms with van der Waals surface area (Å²) in [6.45, 7) is 8.95. The Hall–Kier alpha value is -0.580. The summed E-state index contributed by atoms with van der Waals surface area (Å²) >= 11 is 1.83. The number of nitrogens with two attached hydrogens (primary N) is 1. The van der Waals surface area contributed by atoms with Gasteiger partial charge in [0.2, 0.25) is 5.91 Å². The lowest BCUT2D eigenvalue weighted by molar-refractivity contribution is -0.123. The van der Waals surface area contributed by atoms with Gasteiger partial charge in [-0.15, -0.1) is 23.7 Å². The molecule has 1 aromatic rings. The summed E-state index contributed by atoms with van der Waals surface area (Å²) < 4.78 is 0. The molecule has 0 aliphatic heterocycles. The average molecular weight is 333 g/mol. The average Bonchev–Trinajstić information content (AvgIpc) is 2.74. The molecule has 1 aromatic heterocycles. The van der Waals surface area contributed by atoms with Gasteiger partial charge in [-0.2, -0.15) is 0 Å². The Bertz CT molecular complexity index is 433. The highest BCUT2D eigenvalue weighted by Crippen LogP contribution is 2.22. The molecule has 0 fully saturated rings. The lowest BCUT2D eigenvalue weighted by Gasteiger charge is -2.31. The van der Waals surface area contributed by atoms with Crippen molar-refractivity contribution in [2.45, 2.75) is 65.3 Å². The number of hydrogen-bond donors (Lipinski definition) is 2. The highest BCUT2D eigenvalue weighted by molar-refractivity contribution is 7.12. The van der Waals surface area contributed by atoms with Gasteiger partial charge in [-0.3, -0.25) is 4.79 Å². The molecule has 1 amide bonds. The van der Waals surface area contributed by atoms with Crippen LogP contribution < -0.4 is 11.1 Å². The largest absolute Gasteiger partial charge is 0.349 e. The Labute approximate surface area is 139 Å². The van der Waals surface area contributed by atoms with Crippen molar-refractivity contribution in [1.82, 2.24) is 5.32 Å². The number of carbonyl (C=O) groups is 1. The zero-order chi connectivity index (χ0) is 15.2. The van der Waals surface area contributed by atoms with E-state index in [1.807, 2.05) is 11.3 Å². The fraction of sp³-hybridized carbons (Fsp3) is 0.688. The summed E-state index contributed by atoms with van der Waals surface area (Å²) in [5, 5.41) is 3.12. The third-order valence-corrected chi connectivity index (χ3v) is 5.15. The first-order valence-corrected chi connectivity index (χ1v) is 8.35. The lowest BCUT2D eigenvalue weighted by atomic mass is 9.92. The molecule has 1 heterocycles. The fourth-order valence-corrected chi connectivity index (χ4v) is 3.47. The third-order valence-electron chi connectivity index (χ3n) is 4.14. The van der Waals surface area contributed by atoms with E-state index >= 15 is 0 Å². The van der Waals surface area contributed by atoms with Gasteiger partial charge in [0.15, 0.2) is 0 Å². The Morgan fingerprint density at radius 2 is 1.95 bits per heavy atom. The zero-order valence-electron chi connectivity index (χ0n) is 13.6. The molecule has 21 heavy (non-hydrogen) atoms. The quantitative estimate of drug-likeness (QED) is 0.761. The molecular weight excluding hydrogens is 304 g/mol. The maximum absolute atomic E-state index is 12.1. The number of nitrogens with one attached hydrogen (secondary N) is 1. The summed E-state index contributed by atoms with van der Waals surface area (Å²) in [6.07, 6.45) is 4.23. The van der Waals surface area contributed by atoms with E-state index in [-0.39, 0.29) is 23.9 Å². The van der Waals surface area contributed by atoms with Crippen LogP contribution in [-0.2, 0) is 11.2 Å². The molecule has 0 saturated heterocycles. The number of thiophene rings is 1. The van der Waals surface area contributed by atoms with E-state index in [0.717, 1.165) is 25.7 Å². The van der Waals surface area contributed by atoms with Gasteiger partial charge in [0.1, 0.15) is 0 Å². The molecule has 0 aliphatic rings. The molecule has 3 nitrogen and oxygen atoms in total. The molecule has 0 atom stereocenters. The minimum atomic E-state index is -0.216. The van der Waals surface area contributed by atoms with E-state index in [1.54, 1.807) is 0 Å². The van der Waals surface area contributed by atoms with Crippen LogP contribution >= 0.6 is 23.7 Å². The van der Waals surface area contributed by atoms with Crippen molar-refractivity contribution in [3.63, 3.8) is 0 Å². The first-order chi connectivity index (χ1) is 9.46. The first-order valence-electron chi connectivity index (χ1n) is 7.53. The maximum atomic E-state index is 12.1. The van der Waals surface area contributed by atoms with Gasteiger partial charge in [-0.1, -0.05) is 13.8 Å². The number of rotatable bonds is 8. The number of carbonyl (C=O) groups excluding carboxylic acids is 1. The van der Waals surface area contributed by atoms with E-state index in [9.17, 15) is 4.79 Å². The normalized spacial score (nSPS) is 11.1. The molecular formula is C16H29ClN2OS. The highest BCUT2D eigenvalue weighted by atomic mass is 35.5. The van der Waals surface area contributed by atoms with Gasteiger partial charge in [-0.25, -0.2) is 0 Å². The van der Waals surface area contributed by atoms with Gasteiger partial charge in [0, 0.05) is 22.7 Å². The first kappa shape index (κ1) is 20.4. The Morgan fingerprint density at radius 1 is 1.33 bits per heavy atom. The van der Waals surface area contributed by atoms with Gasteiger partial charge < -0.3 is 11.1 Å². The van der Waals surface area contributed by atoms with E-state index < -0.39 is 0 Å². The second kappa shape index (κ2) is 9.44. The maximum Gasteiger partial charge on any atom is 0.220 e. The van der Waals surface area contributed by atoms with Crippen molar-refractivity contribution < 1.29 is 4.79 Å². The van der Waals surface area contributed by atoms with Crippen LogP contribution in [-0.4, -0.2) is 18.0 Å². The van der Waals surface area contributed by atoms with E-state index in [2.05, 4.69) is 39.1 Å². The standard InChI is InChI=1S/C16H28N2OS.ClH/c1-5-16(6-2,11-17)18-15(19)9-7-8-14-10-12(3)20-13(14)4;/h10H,5-9,11,17H2,1-4H3,(H,18,19);1H. The smallest absolute Gasteiger partial charge is 0.220 e. The Morgan fingerprint density at radius 3 is 2.38 bits per heavy atom. The molecule has 0 radical (unpaired) electrons. The summed E-state index contributed by atoms with van der Waals surface area (Å²) in [4.78, 5) is 14.8. The number of aryl methyl sites for hydroxylation is 3. The topological polar surface area (TPSA) is 55.1 Å². The van der Waals surface area contributed by atoms with Crippen molar-refractivity contribution in [3.8, 4) is 0 Å². The lowest BCUT2D eigenvalue weighted by Crippen LogP contribution is -2.52. The fourth-order valence-electron chi connectivity index (χ4n) is 2.50. The number of hydrogen-bond acceptors (Lipinski definition) is 3. The van der Waals surface area contributed by atoms with E-state index in [0.29, 0.717) is 13.0 Å². The van der Waals surface area contributed by atoms with Crippen LogP contribution in [0.5, 0.6) is 0 Å². The molecule has 0 saturated carbocycles. The molecule has 0 bridgehead atoms. The van der Waals surface area contributed by atoms with Crippen LogP contribution in [0.25, 0.3) is 0 Å². The second-order valence-corrected chi connectivity index (χ2v) is 6.99. The van der Waals surface area contributed by atoms with E-state index in [1.165, 1.54) is 15.3 Å². The van der Waals surface area contributed by atoms with E-state index in [4.69, 9.17) is 5.73 Å². The predicted octanol–water partition coefficient (Wildman–Crippen LogP) is 3.74. The van der Waals surface area contributed by atoms with Gasteiger partial charge in [0.25, 0.3) is 0 Å². The molecule has 122 valence electrons. The predicted molar refractivity (Wildman–Crippen MR) is 94.5 cm³/mol. The summed E-state index contributed by atoms with van der Waals surface area (Å²) in [6, 6.07) is 2.24. The van der Waals surface area contributed by atoms with Crippen LogP contribution in [0.15, 0.2) is 6.07 Å². The van der Waals surface area contributed by atoms with Crippen molar-refractivity contribution in [3.05, 3.63) is 21.4 Å². The monoisotopic (exact) mass is 332 g/mol. The molecule has 0 spiro atoms. The third kappa shape index (κ3) is 5.97. The highest BCUT2D eigenvalue weighted by Gasteiger charge is 2.25. The number of halogens is 1.